The second-order valence-electron chi connectivity index (χ2n) is 5.97. The van der Waals surface area contributed by atoms with E-state index in [-0.39, 0.29) is 18.0 Å². The molecule has 1 heterocycles. The monoisotopic (exact) mass is 283 g/mol. The van der Waals surface area contributed by atoms with Crippen molar-refractivity contribution in [3.63, 3.8) is 0 Å². The minimum absolute atomic E-state index is 0.197. The van der Waals surface area contributed by atoms with Gasteiger partial charge < -0.3 is 10.1 Å². The van der Waals surface area contributed by atoms with Crippen LogP contribution in [0.25, 0.3) is 0 Å². The normalized spacial score (nSPS) is 27.0. The maximum atomic E-state index is 13.4. The number of hydrogen-bond acceptors (Lipinski definition) is 2. The van der Waals surface area contributed by atoms with Crippen LogP contribution in [0, 0.1) is 5.82 Å². The minimum Gasteiger partial charge on any atom is -0.486 e. The van der Waals surface area contributed by atoms with Gasteiger partial charge in [-0.25, -0.2) is 4.39 Å². The SMILES string of the molecule is Fc1ccc2c(c1)NC1CC(c3ccccc3)CCC1O2. The summed E-state index contributed by atoms with van der Waals surface area (Å²) >= 11 is 0. The van der Waals surface area contributed by atoms with Gasteiger partial charge >= 0.3 is 0 Å². The maximum absolute atomic E-state index is 13.4. The molecule has 2 aromatic carbocycles. The molecule has 2 nitrogen and oxygen atoms in total. The van der Waals surface area contributed by atoms with Crippen LogP contribution in [0.1, 0.15) is 30.7 Å². The van der Waals surface area contributed by atoms with Crippen molar-refractivity contribution in [2.24, 2.45) is 0 Å². The molecular formula is C18H18FNO. The number of rotatable bonds is 1. The predicted octanol–water partition coefficient (Wildman–Crippen LogP) is 4.33. The fourth-order valence-corrected chi connectivity index (χ4v) is 3.54. The maximum Gasteiger partial charge on any atom is 0.143 e. The van der Waals surface area contributed by atoms with Gasteiger partial charge in [-0.05, 0) is 42.9 Å². The van der Waals surface area contributed by atoms with E-state index >= 15 is 0 Å². The summed E-state index contributed by atoms with van der Waals surface area (Å²) in [6.45, 7) is 0. The second-order valence-corrected chi connectivity index (χ2v) is 5.97. The molecule has 1 aliphatic heterocycles. The van der Waals surface area contributed by atoms with Crippen LogP contribution < -0.4 is 10.1 Å². The molecule has 1 saturated carbocycles. The van der Waals surface area contributed by atoms with E-state index in [9.17, 15) is 4.39 Å². The molecule has 2 aliphatic rings. The van der Waals surface area contributed by atoms with Crippen molar-refractivity contribution in [3.05, 3.63) is 59.9 Å². The Hall–Kier alpha value is -2.03. The van der Waals surface area contributed by atoms with Gasteiger partial charge in [0.1, 0.15) is 17.7 Å². The first-order valence-electron chi connectivity index (χ1n) is 7.57. The van der Waals surface area contributed by atoms with E-state index in [2.05, 4.69) is 35.6 Å². The molecule has 0 saturated heterocycles. The molecule has 1 N–H and O–H groups in total. The van der Waals surface area contributed by atoms with Gasteiger partial charge in [0.25, 0.3) is 0 Å². The first-order chi connectivity index (χ1) is 10.3. The number of anilines is 1. The minimum atomic E-state index is -0.223. The molecule has 3 unspecified atom stereocenters. The number of nitrogens with one attached hydrogen (secondary N) is 1. The van der Waals surface area contributed by atoms with Crippen LogP contribution in [0.4, 0.5) is 10.1 Å². The third kappa shape index (κ3) is 2.37. The lowest BCUT2D eigenvalue weighted by Gasteiger charge is -2.41. The van der Waals surface area contributed by atoms with Crippen molar-refractivity contribution in [2.45, 2.75) is 37.3 Å². The van der Waals surface area contributed by atoms with E-state index in [0.29, 0.717) is 5.92 Å². The molecule has 2 aromatic rings. The molecular weight excluding hydrogens is 265 g/mol. The molecule has 108 valence electrons. The fraction of sp³-hybridized carbons (Fsp3) is 0.333. The Balaban J connectivity index is 1.56. The molecule has 1 fully saturated rings. The molecule has 1 aliphatic carbocycles. The van der Waals surface area contributed by atoms with Gasteiger partial charge in [0, 0.05) is 6.07 Å². The van der Waals surface area contributed by atoms with Crippen LogP contribution in [0.15, 0.2) is 48.5 Å². The average molecular weight is 283 g/mol. The van der Waals surface area contributed by atoms with E-state index in [1.165, 1.54) is 17.7 Å². The van der Waals surface area contributed by atoms with Crippen LogP contribution in [0.5, 0.6) is 5.75 Å². The summed E-state index contributed by atoms with van der Waals surface area (Å²) < 4.78 is 19.4. The second kappa shape index (κ2) is 5.06. The third-order valence-electron chi connectivity index (χ3n) is 4.62. The highest BCUT2D eigenvalue weighted by Gasteiger charge is 2.36. The summed E-state index contributed by atoms with van der Waals surface area (Å²) in [6, 6.07) is 15.6. The summed E-state index contributed by atoms with van der Waals surface area (Å²) in [5.74, 6) is 1.10. The van der Waals surface area contributed by atoms with Crippen molar-refractivity contribution >= 4 is 5.69 Å². The molecule has 3 atom stereocenters. The van der Waals surface area contributed by atoms with E-state index in [4.69, 9.17) is 4.74 Å². The lowest BCUT2D eigenvalue weighted by atomic mass is 9.79. The van der Waals surface area contributed by atoms with Gasteiger partial charge in [0.15, 0.2) is 0 Å². The van der Waals surface area contributed by atoms with E-state index in [1.807, 2.05) is 0 Å². The number of benzene rings is 2. The predicted molar refractivity (Wildman–Crippen MR) is 81.3 cm³/mol. The molecule has 21 heavy (non-hydrogen) atoms. The quantitative estimate of drug-likeness (QED) is 0.841. The highest BCUT2D eigenvalue weighted by molar-refractivity contribution is 5.59. The van der Waals surface area contributed by atoms with Gasteiger partial charge in [-0.3, -0.25) is 0 Å². The average Bonchev–Trinajstić information content (AvgIpc) is 2.53. The molecule has 0 bridgehead atoms. The molecule has 4 rings (SSSR count). The molecule has 0 spiro atoms. The number of ether oxygens (including phenoxy) is 1. The van der Waals surface area contributed by atoms with Gasteiger partial charge in [-0.15, -0.1) is 0 Å². The van der Waals surface area contributed by atoms with E-state index in [0.717, 1.165) is 30.7 Å². The van der Waals surface area contributed by atoms with Crippen LogP contribution in [0.3, 0.4) is 0 Å². The smallest absolute Gasteiger partial charge is 0.143 e. The first-order valence-corrected chi connectivity index (χ1v) is 7.57. The molecule has 0 amide bonds. The molecule has 0 aromatic heterocycles. The van der Waals surface area contributed by atoms with Crippen LogP contribution in [-0.2, 0) is 0 Å². The Morgan fingerprint density at radius 1 is 1.05 bits per heavy atom. The Labute approximate surface area is 123 Å². The van der Waals surface area contributed by atoms with Gasteiger partial charge in [-0.2, -0.15) is 0 Å². The number of fused-ring (bicyclic) bond motifs is 2. The summed E-state index contributed by atoms with van der Waals surface area (Å²) in [7, 11) is 0. The summed E-state index contributed by atoms with van der Waals surface area (Å²) in [6.07, 6.45) is 3.41. The van der Waals surface area contributed by atoms with Crippen molar-refractivity contribution in [1.29, 1.82) is 0 Å². The van der Waals surface area contributed by atoms with Crippen LogP contribution in [-0.4, -0.2) is 12.1 Å². The molecule has 3 heteroatoms. The van der Waals surface area contributed by atoms with E-state index < -0.39 is 0 Å². The zero-order chi connectivity index (χ0) is 14.2. The number of hydrogen-bond donors (Lipinski definition) is 1. The van der Waals surface area contributed by atoms with Gasteiger partial charge in [0.05, 0.1) is 11.7 Å². The lowest BCUT2D eigenvalue weighted by molar-refractivity contribution is 0.122. The van der Waals surface area contributed by atoms with Crippen molar-refractivity contribution in [1.82, 2.24) is 0 Å². The lowest BCUT2D eigenvalue weighted by Crippen LogP contribution is -2.45. The Morgan fingerprint density at radius 3 is 2.76 bits per heavy atom. The van der Waals surface area contributed by atoms with Crippen molar-refractivity contribution < 1.29 is 9.13 Å². The van der Waals surface area contributed by atoms with Crippen LogP contribution >= 0.6 is 0 Å². The zero-order valence-electron chi connectivity index (χ0n) is 11.8. The summed E-state index contributed by atoms with van der Waals surface area (Å²) in [5.41, 5.74) is 2.17. The topological polar surface area (TPSA) is 21.3 Å². The van der Waals surface area contributed by atoms with Crippen LogP contribution in [0.2, 0.25) is 0 Å². The zero-order valence-corrected chi connectivity index (χ0v) is 11.8. The summed E-state index contributed by atoms with van der Waals surface area (Å²) in [5, 5.41) is 3.47. The van der Waals surface area contributed by atoms with Gasteiger partial charge in [-0.1, -0.05) is 30.3 Å². The standard InChI is InChI=1S/C18H18FNO/c19-14-7-9-18-16(11-14)20-15-10-13(6-8-17(15)21-18)12-4-2-1-3-5-12/h1-5,7,9,11,13,15,17,20H,6,8,10H2. The highest BCUT2D eigenvalue weighted by atomic mass is 19.1. The third-order valence-corrected chi connectivity index (χ3v) is 4.62. The Morgan fingerprint density at radius 2 is 1.90 bits per heavy atom. The fourth-order valence-electron chi connectivity index (χ4n) is 3.54. The first kappa shape index (κ1) is 12.7. The van der Waals surface area contributed by atoms with Gasteiger partial charge in [0.2, 0.25) is 0 Å². The van der Waals surface area contributed by atoms with E-state index in [1.54, 1.807) is 6.07 Å². The highest BCUT2D eigenvalue weighted by Crippen LogP contribution is 2.41. The van der Waals surface area contributed by atoms with Crippen molar-refractivity contribution in [3.8, 4) is 5.75 Å². The van der Waals surface area contributed by atoms with Crippen molar-refractivity contribution in [2.75, 3.05) is 5.32 Å². The largest absolute Gasteiger partial charge is 0.486 e. The summed E-state index contributed by atoms with van der Waals surface area (Å²) in [4.78, 5) is 0. The molecule has 0 radical (unpaired) electrons. The number of halogens is 1. The Kier molecular flexibility index (Phi) is 3.06. The Bertz CT molecular complexity index is 643.